The van der Waals surface area contributed by atoms with E-state index in [-0.39, 0.29) is 18.0 Å². The number of carbonyl (C=O) groups excluding carboxylic acids is 1. The summed E-state index contributed by atoms with van der Waals surface area (Å²) in [5.74, 6) is -1.23. The van der Waals surface area contributed by atoms with Crippen LogP contribution in [0.3, 0.4) is 0 Å². The summed E-state index contributed by atoms with van der Waals surface area (Å²) in [5.41, 5.74) is -0.536. The van der Waals surface area contributed by atoms with Gasteiger partial charge in [-0.15, -0.1) is 0 Å². The molecule has 1 aliphatic heterocycles. The molecule has 2 N–H and O–H groups in total. The van der Waals surface area contributed by atoms with Crippen LogP contribution in [0.4, 0.5) is 8.78 Å². The molecule has 1 aliphatic carbocycles. The fourth-order valence-corrected chi connectivity index (χ4v) is 3.68. The van der Waals surface area contributed by atoms with E-state index in [1.54, 1.807) is 0 Å². The van der Waals surface area contributed by atoms with Crippen LogP contribution < -0.4 is 10.6 Å². The predicted molar refractivity (Wildman–Crippen MR) is 82.1 cm³/mol. The van der Waals surface area contributed by atoms with Crippen LogP contribution in [0.25, 0.3) is 0 Å². The van der Waals surface area contributed by atoms with Crippen LogP contribution in [0, 0.1) is 11.6 Å². The molecule has 1 aromatic rings. The molecule has 4 nitrogen and oxygen atoms in total. The Balaban J connectivity index is 1.75. The highest BCUT2D eigenvalue weighted by Crippen LogP contribution is 2.42. The van der Waals surface area contributed by atoms with Crippen LogP contribution >= 0.6 is 0 Å². The van der Waals surface area contributed by atoms with Crippen molar-refractivity contribution in [3.63, 3.8) is 0 Å². The Kier molecular flexibility index (Phi) is 4.92. The smallest absolute Gasteiger partial charge is 0.239 e. The Hall–Kier alpha value is -1.53. The first-order chi connectivity index (χ1) is 11.1. The van der Waals surface area contributed by atoms with Crippen LogP contribution in [-0.2, 0) is 14.9 Å². The Bertz CT molecular complexity index is 547. The van der Waals surface area contributed by atoms with Crippen molar-refractivity contribution >= 4 is 5.91 Å². The minimum atomic E-state index is -0.652. The molecule has 126 valence electrons. The Morgan fingerprint density at radius 1 is 1.30 bits per heavy atom. The van der Waals surface area contributed by atoms with Crippen molar-refractivity contribution < 1.29 is 18.3 Å². The van der Waals surface area contributed by atoms with Crippen LogP contribution in [0.1, 0.15) is 31.2 Å². The molecule has 3 rings (SSSR count). The predicted octanol–water partition coefficient (Wildman–Crippen LogP) is 1.88. The molecule has 0 spiro atoms. The van der Waals surface area contributed by atoms with Crippen molar-refractivity contribution in [3.05, 3.63) is 35.4 Å². The maximum Gasteiger partial charge on any atom is 0.239 e. The van der Waals surface area contributed by atoms with Gasteiger partial charge in [-0.05, 0) is 25.0 Å². The molecule has 0 radical (unpaired) electrons. The van der Waals surface area contributed by atoms with Gasteiger partial charge in [0.25, 0.3) is 0 Å². The number of hydrogen-bond donors (Lipinski definition) is 2. The second kappa shape index (κ2) is 6.93. The average Bonchev–Trinajstić information content (AvgIpc) is 3.03. The molecule has 1 aromatic carbocycles. The van der Waals surface area contributed by atoms with E-state index in [0.29, 0.717) is 32.6 Å². The number of benzene rings is 1. The van der Waals surface area contributed by atoms with Crippen molar-refractivity contribution in [1.29, 1.82) is 0 Å². The molecule has 1 saturated carbocycles. The third kappa shape index (κ3) is 3.38. The molecule has 1 saturated heterocycles. The van der Waals surface area contributed by atoms with Crippen molar-refractivity contribution in [2.24, 2.45) is 0 Å². The molecule has 2 fully saturated rings. The molecule has 2 aliphatic rings. The van der Waals surface area contributed by atoms with E-state index in [2.05, 4.69) is 10.6 Å². The summed E-state index contributed by atoms with van der Waals surface area (Å²) in [6.07, 6.45) is 3.18. The summed E-state index contributed by atoms with van der Waals surface area (Å²) in [6, 6.07) is 3.56. The maximum atomic E-state index is 14.2. The van der Waals surface area contributed by atoms with Gasteiger partial charge in [0.05, 0.1) is 13.2 Å². The van der Waals surface area contributed by atoms with E-state index in [4.69, 9.17) is 4.74 Å². The van der Waals surface area contributed by atoms with Gasteiger partial charge < -0.3 is 15.4 Å². The highest BCUT2D eigenvalue weighted by atomic mass is 19.1. The Labute approximate surface area is 134 Å². The van der Waals surface area contributed by atoms with E-state index < -0.39 is 23.1 Å². The summed E-state index contributed by atoms with van der Waals surface area (Å²) in [6.45, 7) is 1.80. The second-order valence-corrected chi connectivity index (χ2v) is 6.38. The van der Waals surface area contributed by atoms with Crippen LogP contribution in [0.15, 0.2) is 18.2 Å². The largest absolute Gasteiger partial charge is 0.378 e. The van der Waals surface area contributed by atoms with Gasteiger partial charge in [0.15, 0.2) is 0 Å². The lowest BCUT2D eigenvalue weighted by Gasteiger charge is -2.32. The highest BCUT2D eigenvalue weighted by molar-refractivity contribution is 5.82. The number of morpholine rings is 1. The number of hydrogen-bond acceptors (Lipinski definition) is 3. The van der Waals surface area contributed by atoms with E-state index in [1.807, 2.05) is 0 Å². The molecule has 1 amide bonds. The molecule has 1 heterocycles. The maximum absolute atomic E-state index is 14.2. The van der Waals surface area contributed by atoms with Gasteiger partial charge in [-0.2, -0.15) is 0 Å². The number of ether oxygens (including phenoxy) is 1. The first kappa shape index (κ1) is 16.3. The van der Waals surface area contributed by atoms with Crippen molar-refractivity contribution in [1.82, 2.24) is 10.6 Å². The van der Waals surface area contributed by atoms with Gasteiger partial charge >= 0.3 is 0 Å². The Morgan fingerprint density at radius 3 is 2.61 bits per heavy atom. The zero-order valence-electron chi connectivity index (χ0n) is 13.0. The number of carbonyl (C=O) groups is 1. The average molecular weight is 324 g/mol. The molecule has 6 heteroatoms. The van der Waals surface area contributed by atoms with Crippen molar-refractivity contribution in [3.8, 4) is 0 Å². The quantitative estimate of drug-likeness (QED) is 0.889. The van der Waals surface area contributed by atoms with Crippen LogP contribution in [0.2, 0.25) is 0 Å². The minimum absolute atomic E-state index is 0.116. The molecular formula is C17H22F2N2O2. The monoisotopic (exact) mass is 324 g/mol. The normalized spacial score (nSPS) is 23.7. The van der Waals surface area contributed by atoms with Gasteiger partial charge in [0.2, 0.25) is 5.91 Å². The van der Waals surface area contributed by atoms with Gasteiger partial charge in [0, 0.05) is 24.1 Å². The SMILES string of the molecule is O=C(NCC1(c2c(F)cccc2F)CCCC1)C1COCCN1. The lowest BCUT2D eigenvalue weighted by Crippen LogP contribution is -2.53. The van der Waals surface area contributed by atoms with Gasteiger partial charge in [0.1, 0.15) is 17.7 Å². The van der Waals surface area contributed by atoms with Crippen molar-refractivity contribution in [2.75, 3.05) is 26.3 Å². The highest BCUT2D eigenvalue weighted by Gasteiger charge is 2.40. The summed E-state index contributed by atoms with van der Waals surface area (Å²) < 4.78 is 33.8. The Morgan fingerprint density at radius 2 is 2.00 bits per heavy atom. The summed E-state index contributed by atoms with van der Waals surface area (Å²) in [4.78, 5) is 12.3. The number of nitrogens with one attached hydrogen (secondary N) is 2. The fraction of sp³-hybridized carbons (Fsp3) is 0.588. The molecule has 0 bridgehead atoms. The minimum Gasteiger partial charge on any atom is -0.378 e. The molecule has 1 atom stereocenters. The lowest BCUT2D eigenvalue weighted by atomic mass is 9.78. The van der Waals surface area contributed by atoms with Gasteiger partial charge in [-0.3, -0.25) is 4.79 Å². The molecule has 0 aromatic heterocycles. The van der Waals surface area contributed by atoms with Crippen LogP contribution in [-0.4, -0.2) is 38.3 Å². The topological polar surface area (TPSA) is 50.4 Å². The van der Waals surface area contributed by atoms with Crippen molar-refractivity contribution in [2.45, 2.75) is 37.1 Å². The zero-order chi connectivity index (χ0) is 16.3. The number of halogens is 2. The van der Waals surface area contributed by atoms with E-state index in [9.17, 15) is 13.6 Å². The number of amides is 1. The third-order valence-electron chi connectivity index (χ3n) is 4.89. The van der Waals surface area contributed by atoms with Crippen LogP contribution in [0.5, 0.6) is 0 Å². The van der Waals surface area contributed by atoms with E-state index in [1.165, 1.54) is 18.2 Å². The standard InChI is InChI=1S/C17H22F2N2O2/c18-12-4-3-5-13(19)15(12)17(6-1-2-7-17)11-21-16(22)14-10-23-9-8-20-14/h3-5,14,20H,1-2,6-11H2,(H,21,22). The first-order valence-corrected chi connectivity index (χ1v) is 8.16. The number of rotatable bonds is 4. The van der Waals surface area contributed by atoms with E-state index >= 15 is 0 Å². The fourth-order valence-electron chi connectivity index (χ4n) is 3.68. The molecule has 1 unspecified atom stereocenters. The summed E-state index contributed by atoms with van der Waals surface area (Å²) >= 11 is 0. The molecular weight excluding hydrogens is 302 g/mol. The third-order valence-corrected chi connectivity index (χ3v) is 4.89. The summed E-state index contributed by atoms with van der Waals surface area (Å²) in [5, 5.41) is 5.96. The van der Waals surface area contributed by atoms with E-state index in [0.717, 1.165) is 12.8 Å². The summed E-state index contributed by atoms with van der Waals surface area (Å²) in [7, 11) is 0. The first-order valence-electron chi connectivity index (χ1n) is 8.16. The second-order valence-electron chi connectivity index (χ2n) is 6.38. The lowest BCUT2D eigenvalue weighted by molar-refractivity contribution is -0.126. The zero-order valence-corrected chi connectivity index (χ0v) is 13.0. The van der Waals surface area contributed by atoms with Gasteiger partial charge in [-0.1, -0.05) is 18.9 Å². The molecule has 23 heavy (non-hydrogen) atoms. The van der Waals surface area contributed by atoms with Gasteiger partial charge in [-0.25, -0.2) is 8.78 Å².